The molecular weight excluding hydrogens is 424 g/mol. The summed E-state index contributed by atoms with van der Waals surface area (Å²) in [5, 5.41) is 6.16. The number of fused-ring (bicyclic) bond motifs is 1. The molecule has 3 heterocycles. The molecule has 1 fully saturated rings. The van der Waals surface area contributed by atoms with Gasteiger partial charge in [0.2, 0.25) is 10.0 Å². The number of rotatable bonds is 4. The van der Waals surface area contributed by atoms with E-state index in [1.165, 1.54) is 6.33 Å². The van der Waals surface area contributed by atoms with Gasteiger partial charge in [0.15, 0.2) is 5.82 Å². The molecule has 0 aliphatic carbocycles. The second-order valence-corrected chi connectivity index (χ2v) is 9.85. The van der Waals surface area contributed by atoms with E-state index in [1.54, 1.807) is 21.1 Å². The lowest BCUT2D eigenvalue weighted by atomic mass is 10.1. The van der Waals surface area contributed by atoms with E-state index >= 15 is 0 Å². The first-order chi connectivity index (χ1) is 15.4. The molecule has 0 saturated carbocycles. The van der Waals surface area contributed by atoms with Gasteiger partial charge < -0.3 is 4.90 Å². The van der Waals surface area contributed by atoms with Crippen molar-refractivity contribution in [2.75, 3.05) is 31.1 Å². The number of anilines is 1. The highest BCUT2D eigenvalue weighted by atomic mass is 32.2. The molecule has 9 heteroatoms. The average Bonchev–Trinajstić information content (AvgIpc) is 3.16. The Morgan fingerprint density at radius 1 is 0.844 bits per heavy atom. The van der Waals surface area contributed by atoms with Crippen LogP contribution in [-0.2, 0) is 10.0 Å². The van der Waals surface area contributed by atoms with Gasteiger partial charge in [-0.1, -0.05) is 36.4 Å². The van der Waals surface area contributed by atoms with Crippen molar-refractivity contribution in [3.8, 4) is 5.82 Å². The van der Waals surface area contributed by atoms with Crippen LogP contribution in [0.15, 0.2) is 65.8 Å². The lowest BCUT2D eigenvalue weighted by molar-refractivity contribution is 0.384. The zero-order chi connectivity index (χ0) is 22.3. The quantitative estimate of drug-likeness (QED) is 0.477. The van der Waals surface area contributed by atoms with Crippen molar-refractivity contribution >= 4 is 26.6 Å². The van der Waals surface area contributed by atoms with Crippen molar-refractivity contribution in [1.82, 2.24) is 24.1 Å². The Morgan fingerprint density at radius 2 is 1.56 bits per heavy atom. The first-order valence-electron chi connectivity index (χ1n) is 10.5. The number of benzene rings is 2. The fraction of sp³-hybridized carbons (Fsp3) is 0.261. The number of nitrogens with zero attached hydrogens (tertiary/aromatic N) is 6. The molecule has 2 aromatic carbocycles. The molecule has 1 aliphatic heterocycles. The summed E-state index contributed by atoms with van der Waals surface area (Å²) in [5.41, 5.74) is 1.92. The van der Waals surface area contributed by atoms with E-state index in [2.05, 4.69) is 20.0 Å². The number of hydrogen-bond acceptors (Lipinski definition) is 6. The van der Waals surface area contributed by atoms with Gasteiger partial charge in [-0.05, 0) is 31.4 Å². The van der Waals surface area contributed by atoms with Crippen LogP contribution >= 0.6 is 0 Å². The van der Waals surface area contributed by atoms with Crippen LogP contribution in [0.3, 0.4) is 0 Å². The summed E-state index contributed by atoms with van der Waals surface area (Å²) >= 11 is 0. The van der Waals surface area contributed by atoms with Crippen LogP contribution in [0.25, 0.3) is 16.6 Å². The van der Waals surface area contributed by atoms with Gasteiger partial charge in [-0.15, -0.1) is 0 Å². The van der Waals surface area contributed by atoms with Crippen LogP contribution in [0, 0.1) is 13.8 Å². The number of sulfonamides is 1. The highest BCUT2D eigenvalue weighted by Crippen LogP contribution is 2.27. The molecule has 0 amide bonds. The summed E-state index contributed by atoms with van der Waals surface area (Å²) < 4.78 is 30.1. The Balaban J connectivity index is 1.36. The van der Waals surface area contributed by atoms with Crippen molar-refractivity contribution < 1.29 is 8.42 Å². The molecule has 2 aromatic heterocycles. The third-order valence-corrected chi connectivity index (χ3v) is 7.75. The smallest absolute Gasteiger partial charge is 0.243 e. The van der Waals surface area contributed by atoms with Gasteiger partial charge >= 0.3 is 0 Å². The monoisotopic (exact) mass is 448 g/mol. The van der Waals surface area contributed by atoms with Crippen LogP contribution in [0.4, 0.5) is 5.82 Å². The maximum absolute atomic E-state index is 13.4. The number of aromatic nitrogens is 4. The zero-order valence-electron chi connectivity index (χ0n) is 18.0. The molecule has 0 spiro atoms. The normalized spacial score (nSPS) is 15.4. The third-order valence-electron chi connectivity index (χ3n) is 5.79. The van der Waals surface area contributed by atoms with Crippen LogP contribution < -0.4 is 4.90 Å². The fourth-order valence-corrected chi connectivity index (χ4v) is 5.84. The molecule has 1 aliphatic rings. The van der Waals surface area contributed by atoms with Crippen molar-refractivity contribution in [3.05, 3.63) is 72.3 Å². The third kappa shape index (κ3) is 3.63. The Labute approximate surface area is 187 Å². The second-order valence-electron chi connectivity index (χ2n) is 7.94. The molecule has 4 aromatic rings. The van der Waals surface area contributed by atoms with E-state index < -0.39 is 10.0 Å². The molecule has 0 radical (unpaired) electrons. The van der Waals surface area contributed by atoms with Crippen LogP contribution in [0.2, 0.25) is 0 Å². The van der Waals surface area contributed by atoms with Crippen LogP contribution in [0.1, 0.15) is 11.4 Å². The summed E-state index contributed by atoms with van der Waals surface area (Å²) in [4.78, 5) is 11.2. The highest BCUT2D eigenvalue weighted by molar-refractivity contribution is 7.89. The Hall–Kier alpha value is -3.30. The number of piperazine rings is 1. The molecule has 0 unspecified atom stereocenters. The summed E-state index contributed by atoms with van der Waals surface area (Å²) in [5.74, 6) is 1.47. The summed E-state index contributed by atoms with van der Waals surface area (Å²) in [6.45, 7) is 5.82. The van der Waals surface area contributed by atoms with Crippen LogP contribution in [-0.4, -0.2) is 58.7 Å². The minimum Gasteiger partial charge on any atom is -0.354 e. The van der Waals surface area contributed by atoms with E-state index in [0.717, 1.165) is 28.0 Å². The molecule has 5 rings (SSSR count). The van der Waals surface area contributed by atoms with E-state index in [9.17, 15) is 8.42 Å². The maximum atomic E-state index is 13.4. The largest absolute Gasteiger partial charge is 0.354 e. The lowest BCUT2D eigenvalue weighted by Crippen LogP contribution is -2.49. The molecule has 0 atom stereocenters. The van der Waals surface area contributed by atoms with E-state index in [-0.39, 0.29) is 0 Å². The number of aryl methyl sites for hydroxylation is 2. The standard InChI is InChI=1S/C23H24N6O2S/c1-17-14-18(2)29(26-17)23-15-22(24-16-25-23)27-10-12-28(13-11-27)32(30,31)21-9-5-7-19-6-3-4-8-20(19)21/h3-9,14-16H,10-13H2,1-2H3. The van der Waals surface area contributed by atoms with E-state index in [1.807, 2.05) is 56.3 Å². The predicted octanol–water partition coefficient (Wildman–Crippen LogP) is 2.94. The summed E-state index contributed by atoms with van der Waals surface area (Å²) in [7, 11) is -3.59. The highest BCUT2D eigenvalue weighted by Gasteiger charge is 2.30. The molecule has 0 N–H and O–H groups in total. The van der Waals surface area contributed by atoms with Crippen molar-refractivity contribution in [1.29, 1.82) is 0 Å². The first kappa shape index (κ1) is 20.6. The topological polar surface area (TPSA) is 84.2 Å². The van der Waals surface area contributed by atoms with Gasteiger partial charge in [0, 0.05) is 43.3 Å². The molecule has 32 heavy (non-hydrogen) atoms. The summed E-state index contributed by atoms with van der Waals surface area (Å²) in [6, 6.07) is 16.9. The van der Waals surface area contributed by atoms with Crippen LogP contribution in [0.5, 0.6) is 0 Å². The van der Waals surface area contributed by atoms with Gasteiger partial charge in [-0.2, -0.15) is 9.40 Å². The predicted molar refractivity (Wildman–Crippen MR) is 124 cm³/mol. The minimum atomic E-state index is -3.59. The zero-order valence-corrected chi connectivity index (χ0v) is 18.8. The SMILES string of the molecule is Cc1cc(C)n(-c2cc(N3CCN(S(=O)(=O)c4cccc5ccccc45)CC3)ncn2)n1. The van der Waals surface area contributed by atoms with Gasteiger partial charge in [-0.3, -0.25) is 0 Å². The van der Waals surface area contributed by atoms with Crippen molar-refractivity contribution in [2.45, 2.75) is 18.7 Å². The lowest BCUT2D eigenvalue weighted by Gasteiger charge is -2.34. The first-order valence-corrected chi connectivity index (χ1v) is 12.0. The van der Waals surface area contributed by atoms with Crippen molar-refractivity contribution in [2.24, 2.45) is 0 Å². The molecule has 8 nitrogen and oxygen atoms in total. The Bertz CT molecular complexity index is 1390. The molecule has 0 bridgehead atoms. The van der Waals surface area contributed by atoms with Gasteiger partial charge in [0.25, 0.3) is 0 Å². The molecular formula is C23H24N6O2S. The minimum absolute atomic E-state index is 0.359. The molecule has 1 saturated heterocycles. The Morgan fingerprint density at radius 3 is 2.31 bits per heavy atom. The van der Waals surface area contributed by atoms with E-state index in [4.69, 9.17) is 0 Å². The average molecular weight is 449 g/mol. The maximum Gasteiger partial charge on any atom is 0.243 e. The van der Waals surface area contributed by atoms with Gasteiger partial charge in [0.1, 0.15) is 12.1 Å². The fourth-order valence-electron chi connectivity index (χ4n) is 4.20. The van der Waals surface area contributed by atoms with Gasteiger partial charge in [-0.25, -0.2) is 23.1 Å². The van der Waals surface area contributed by atoms with Gasteiger partial charge in [0.05, 0.1) is 10.6 Å². The Kier molecular flexibility index (Phi) is 5.15. The van der Waals surface area contributed by atoms with Crippen molar-refractivity contribution in [3.63, 3.8) is 0 Å². The second kappa shape index (κ2) is 7.99. The van der Waals surface area contributed by atoms with E-state index in [0.29, 0.717) is 36.9 Å². The summed E-state index contributed by atoms with van der Waals surface area (Å²) in [6.07, 6.45) is 1.53. The number of hydrogen-bond donors (Lipinski definition) is 0. The molecule has 164 valence electrons.